The van der Waals surface area contributed by atoms with Gasteiger partial charge in [0.05, 0.1) is 0 Å². The topological polar surface area (TPSA) is 0 Å². The number of rotatable bonds is 8. The molecule has 25 heavy (non-hydrogen) atoms. The van der Waals surface area contributed by atoms with Gasteiger partial charge in [0.25, 0.3) is 0 Å². The summed E-state index contributed by atoms with van der Waals surface area (Å²) in [7, 11) is 0. The van der Waals surface area contributed by atoms with Crippen LogP contribution in [0.15, 0.2) is 48.5 Å². The highest BCUT2D eigenvalue weighted by atomic mass is 32.1. The zero-order valence-electron chi connectivity index (χ0n) is 15.7. The number of thiocarbonyl (C=S) groups is 2. The van der Waals surface area contributed by atoms with Crippen molar-refractivity contribution in [1.29, 1.82) is 0 Å². The lowest BCUT2D eigenvalue weighted by Gasteiger charge is -2.09. The fraction of sp³-hybridized carbons (Fsp3) is 0.391. The van der Waals surface area contributed by atoms with Crippen LogP contribution >= 0.6 is 24.4 Å². The molecule has 0 nitrogen and oxygen atoms in total. The van der Waals surface area contributed by atoms with E-state index in [9.17, 15) is 0 Å². The molecule has 0 heterocycles. The van der Waals surface area contributed by atoms with Crippen molar-refractivity contribution in [3.8, 4) is 0 Å². The van der Waals surface area contributed by atoms with Gasteiger partial charge in [-0.1, -0.05) is 101 Å². The highest BCUT2D eigenvalue weighted by Gasteiger charge is 2.07. The van der Waals surface area contributed by atoms with E-state index < -0.39 is 0 Å². The highest BCUT2D eigenvalue weighted by Crippen LogP contribution is 2.19. The molecule has 0 fully saturated rings. The smallest absolute Gasteiger partial charge is 0.0224 e. The van der Waals surface area contributed by atoms with Crippen molar-refractivity contribution in [2.75, 3.05) is 0 Å². The highest BCUT2D eigenvalue weighted by molar-refractivity contribution is 7.81. The first kappa shape index (κ1) is 19.9. The van der Waals surface area contributed by atoms with E-state index in [1.54, 1.807) is 0 Å². The molecule has 0 bridgehead atoms. The van der Waals surface area contributed by atoms with Gasteiger partial charge in [-0.25, -0.2) is 0 Å². The molecule has 2 aromatic rings. The molecule has 0 amide bonds. The second-order valence-electron chi connectivity index (χ2n) is 7.25. The lowest BCUT2D eigenvalue weighted by atomic mass is 9.98. The molecular formula is C23H28S2. The van der Waals surface area contributed by atoms with Crippen molar-refractivity contribution < 1.29 is 0 Å². The molecule has 0 aliphatic heterocycles. The van der Waals surface area contributed by atoms with Crippen molar-refractivity contribution in [1.82, 2.24) is 0 Å². The van der Waals surface area contributed by atoms with Crippen molar-refractivity contribution in [2.45, 2.75) is 58.8 Å². The SMILES string of the molecule is CC(C)c1ccc(C(=S)CCCC(=S)c2ccc(C(C)C)cc2)cc1. The predicted octanol–water partition coefficient (Wildman–Crippen LogP) is 7.24. The first-order valence-corrected chi connectivity index (χ1v) is 9.96. The lowest BCUT2D eigenvalue weighted by Crippen LogP contribution is -2.02. The summed E-state index contributed by atoms with van der Waals surface area (Å²) in [5.41, 5.74) is 5.06. The molecule has 0 spiro atoms. The molecule has 0 atom stereocenters. The number of benzene rings is 2. The van der Waals surface area contributed by atoms with E-state index in [1.807, 2.05) is 0 Å². The van der Waals surface area contributed by atoms with E-state index in [2.05, 4.69) is 76.2 Å². The summed E-state index contributed by atoms with van der Waals surface area (Å²) in [4.78, 5) is 2.07. The largest absolute Gasteiger partial charge is 0.0843 e. The van der Waals surface area contributed by atoms with Crippen LogP contribution in [0.3, 0.4) is 0 Å². The maximum atomic E-state index is 5.60. The van der Waals surface area contributed by atoms with E-state index in [1.165, 1.54) is 22.3 Å². The molecule has 0 aliphatic rings. The lowest BCUT2D eigenvalue weighted by molar-refractivity contribution is 0.866. The average Bonchev–Trinajstić information content (AvgIpc) is 2.61. The van der Waals surface area contributed by atoms with Crippen LogP contribution < -0.4 is 0 Å². The van der Waals surface area contributed by atoms with Gasteiger partial charge in [-0.15, -0.1) is 0 Å². The third kappa shape index (κ3) is 5.83. The van der Waals surface area contributed by atoms with Gasteiger partial charge < -0.3 is 0 Å². The second-order valence-corrected chi connectivity index (χ2v) is 8.24. The summed E-state index contributed by atoms with van der Waals surface area (Å²) in [5, 5.41) is 0. The summed E-state index contributed by atoms with van der Waals surface area (Å²) in [6, 6.07) is 17.4. The summed E-state index contributed by atoms with van der Waals surface area (Å²) in [5.74, 6) is 1.11. The molecule has 0 saturated heterocycles. The Kier molecular flexibility index (Phi) is 7.46. The van der Waals surface area contributed by atoms with E-state index in [4.69, 9.17) is 24.4 Å². The van der Waals surface area contributed by atoms with Gasteiger partial charge in [0.15, 0.2) is 0 Å². The fourth-order valence-electron chi connectivity index (χ4n) is 2.81. The molecule has 2 rings (SSSR count). The van der Waals surface area contributed by atoms with Crippen molar-refractivity contribution in [3.63, 3.8) is 0 Å². The van der Waals surface area contributed by atoms with Crippen LogP contribution in [-0.2, 0) is 0 Å². The predicted molar refractivity (Wildman–Crippen MR) is 118 cm³/mol. The summed E-state index contributed by atoms with van der Waals surface area (Å²) >= 11 is 11.2. The molecule has 0 radical (unpaired) electrons. The Morgan fingerprint density at radius 3 is 1.24 bits per heavy atom. The van der Waals surface area contributed by atoms with E-state index in [0.29, 0.717) is 11.8 Å². The minimum Gasteiger partial charge on any atom is -0.0843 e. The van der Waals surface area contributed by atoms with Gasteiger partial charge in [0.1, 0.15) is 0 Å². The Morgan fingerprint density at radius 1 is 0.640 bits per heavy atom. The second kappa shape index (κ2) is 9.35. The minimum absolute atomic E-state index is 0.557. The molecule has 2 aromatic carbocycles. The van der Waals surface area contributed by atoms with Gasteiger partial charge >= 0.3 is 0 Å². The third-order valence-electron chi connectivity index (χ3n) is 4.61. The van der Waals surface area contributed by atoms with Crippen LogP contribution in [0, 0.1) is 0 Å². The van der Waals surface area contributed by atoms with Crippen LogP contribution in [0.5, 0.6) is 0 Å². The van der Waals surface area contributed by atoms with Crippen molar-refractivity contribution in [2.24, 2.45) is 0 Å². The third-order valence-corrected chi connectivity index (χ3v) is 5.49. The number of hydrogen-bond donors (Lipinski definition) is 0. The van der Waals surface area contributed by atoms with Crippen LogP contribution in [0.2, 0.25) is 0 Å². The van der Waals surface area contributed by atoms with Gasteiger partial charge in [-0.3, -0.25) is 0 Å². The van der Waals surface area contributed by atoms with Gasteiger partial charge in [-0.2, -0.15) is 0 Å². The number of hydrogen-bond acceptors (Lipinski definition) is 2. The normalized spacial score (nSPS) is 11.1. The van der Waals surface area contributed by atoms with Crippen molar-refractivity contribution >= 4 is 34.2 Å². The first-order chi connectivity index (χ1) is 11.9. The quantitative estimate of drug-likeness (QED) is 0.356. The van der Waals surface area contributed by atoms with Gasteiger partial charge in [0.2, 0.25) is 0 Å². The molecular weight excluding hydrogens is 340 g/mol. The Labute approximate surface area is 163 Å². The summed E-state index contributed by atoms with van der Waals surface area (Å²) in [6.07, 6.45) is 2.84. The summed E-state index contributed by atoms with van der Waals surface area (Å²) in [6.45, 7) is 8.84. The Balaban J connectivity index is 1.84. The minimum atomic E-state index is 0.557. The van der Waals surface area contributed by atoms with Crippen LogP contribution in [0.1, 0.15) is 81.0 Å². The molecule has 0 N–H and O–H groups in total. The van der Waals surface area contributed by atoms with Crippen molar-refractivity contribution in [3.05, 3.63) is 70.8 Å². The fourth-order valence-corrected chi connectivity index (χ4v) is 3.37. The zero-order chi connectivity index (χ0) is 18.4. The summed E-state index contributed by atoms with van der Waals surface area (Å²) < 4.78 is 0. The zero-order valence-corrected chi connectivity index (χ0v) is 17.3. The molecule has 0 saturated carbocycles. The molecule has 132 valence electrons. The van der Waals surface area contributed by atoms with E-state index in [0.717, 1.165) is 29.0 Å². The van der Waals surface area contributed by atoms with E-state index >= 15 is 0 Å². The maximum absolute atomic E-state index is 5.60. The molecule has 0 aromatic heterocycles. The maximum Gasteiger partial charge on any atom is 0.0224 e. The molecule has 0 unspecified atom stereocenters. The average molecular weight is 369 g/mol. The first-order valence-electron chi connectivity index (χ1n) is 9.14. The van der Waals surface area contributed by atoms with Crippen LogP contribution in [-0.4, -0.2) is 9.73 Å². The Hall–Kier alpha value is -1.38. The monoisotopic (exact) mass is 368 g/mol. The van der Waals surface area contributed by atoms with Gasteiger partial charge in [-0.05, 0) is 53.4 Å². The molecule has 0 aliphatic carbocycles. The Bertz CT molecular complexity index is 643. The van der Waals surface area contributed by atoms with E-state index in [-0.39, 0.29) is 0 Å². The Morgan fingerprint density at radius 2 is 0.960 bits per heavy atom. The standard InChI is InChI=1S/C23H28S2/c1-16(2)18-8-12-20(13-9-18)22(24)6-5-7-23(25)21-14-10-19(11-15-21)17(3)4/h8-17H,5-7H2,1-4H3. The molecule has 2 heteroatoms. The van der Waals surface area contributed by atoms with Crippen LogP contribution in [0.4, 0.5) is 0 Å². The van der Waals surface area contributed by atoms with Gasteiger partial charge in [0, 0.05) is 9.73 Å². The van der Waals surface area contributed by atoms with Crippen LogP contribution in [0.25, 0.3) is 0 Å².